The third-order valence-corrected chi connectivity index (χ3v) is 1.08. The molecule has 0 atom stereocenters. The van der Waals surface area contributed by atoms with Crippen molar-refractivity contribution in [1.82, 2.24) is 0 Å². The monoisotopic (exact) mass is 180 g/mol. The van der Waals surface area contributed by atoms with Gasteiger partial charge in [0.25, 0.3) is 0 Å². The van der Waals surface area contributed by atoms with Crippen LogP contribution in [-0.2, 0) is 14.3 Å². The molecule has 12 heavy (non-hydrogen) atoms. The third-order valence-electron chi connectivity index (χ3n) is 1.08. The Hall–Kier alpha value is -1.13. The Bertz CT molecular complexity index is 177. The summed E-state index contributed by atoms with van der Waals surface area (Å²) in [5.74, 6) is -0.794. The van der Waals surface area contributed by atoms with Gasteiger partial charge in [-0.15, -0.1) is 0 Å². The molecule has 0 radical (unpaired) electrons. The minimum atomic E-state index is -2.58. The van der Waals surface area contributed by atoms with Crippen molar-refractivity contribution in [2.75, 3.05) is 14.2 Å². The molecular weight excluding hydrogens is 170 g/mol. The molecule has 0 amide bonds. The quantitative estimate of drug-likeness (QED) is 0.372. The molecular formula is C7H10F2O3. The molecule has 70 valence electrons. The maximum Gasteiger partial charge on any atom is 0.337 e. The fourth-order valence-corrected chi connectivity index (χ4v) is 0.619. The van der Waals surface area contributed by atoms with E-state index >= 15 is 0 Å². The molecule has 0 saturated carbocycles. The van der Waals surface area contributed by atoms with Crippen LogP contribution in [0.15, 0.2) is 11.8 Å². The van der Waals surface area contributed by atoms with Gasteiger partial charge >= 0.3 is 5.97 Å². The molecule has 0 rings (SSSR count). The number of carbonyl (C=O) groups excluding carboxylic acids is 1. The standard InChI is InChI=1S/C7H10F2O3/c1-11-4-5(3-6(8)9)7(10)12-2/h4,6H,3H2,1-2H3/b5-4+. The number of carbonyl (C=O) groups is 1. The summed E-state index contributed by atoms with van der Waals surface area (Å²) in [6.07, 6.45) is -2.27. The van der Waals surface area contributed by atoms with Crippen molar-refractivity contribution < 1.29 is 23.0 Å². The van der Waals surface area contributed by atoms with Crippen LogP contribution in [0, 0.1) is 0 Å². The molecule has 0 aromatic carbocycles. The molecule has 0 aliphatic carbocycles. The number of halogens is 2. The number of esters is 1. The van der Waals surface area contributed by atoms with Crippen molar-refractivity contribution in [3.8, 4) is 0 Å². The van der Waals surface area contributed by atoms with Gasteiger partial charge in [0.2, 0.25) is 6.43 Å². The molecule has 0 saturated heterocycles. The molecule has 5 heteroatoms. The Kier molecular flexibility index (Phi) is 4.99. The van der Waals surface area contributed by atoms with Crippen LogP contribution in [-0.4, -0.2) is 26.6 Å². The van der Waals surface area contributed by atoms with Crippen LogP contribution in [0.5, 0.6) is 0 Å². The average molecular weight is 180 g/mol. The van der Waals surface area contributed by atoms with Crippen LogP contribution < -0.4 is 0 Å². The number of hydrogen-bond acceptors (Lipinski definition) is 3. The van der Waals surface area contributed by atoms with Gasteiger partial charge in [-0.3, -0.25) is 0 Å². The SMILES string of the molecule is CO/C=C(\CC(F)F)C(=O)OC. The molecule has 0 aliphatic heterocycles. The van der Waals surface area contributed by atoms with Crippen molar-refractivity contribution >= 4 is 5.97 Å². The second-order valence-corrected chi connectivity index (χ2v) is 1.97. The van der Waals surface area contributed by atoms with Crippen LogP contribution in [0.25, 0.3) is 0 Å². The van der Waals surface area contributed by atoms with E-state index in [4.69, 9.17) is 0 Å². The van der Waals surface area contributed by atoms with E-state index in [2.05, 4.69) is 9.47 Å². The second-order valence-electron chi connectivity index (χ2n) is 1.97. The molecule has 0 fully saturated rings. The van der Waals surface area contributed by atoms with Crippen molar-refractivity contribution in [2.24, 2.45) is 0 Å². The first-order valence-electron chi connectivity index (χ1n) is 3.20. The highest BCUT2D eigenvalue weighted by Gasteiger charge is 2.15. The zero-order chi connectivity index (χ0) is 9.56. The fraction of sp³-hybridized carbons (Fsp3) is 0.571. The summed E-state index contributed by atoms with van der Waals surface area (Å²) in [5.41, 5.74) is -0.171. The van der Waals surface area contributed by atoms with E-state index in [1.54, 1.807) is 0 Å². The van der Waals surface area contributed by atoms with Crippen LogP contribution in [0.2, 0.25) is 0 Å². The normalized spacial score (nSPS) is 11.6. The van der Waals surface area contributed by atoms with Crippen molar-refractivity contribution in [3.05, 3.63) is 11.8 Å². The Labute approximate surface area is 69.0 Å². The fourth-order valence-electron chi connectivity index (χ4n) is 0.619. The number of ether oxygens (including phenoxy) is 2. The zero-order valence-corrected chi connectivity index (χ0v) is 6.84. The second kappa shape index (κ2) is 5.51. The molecule has 0 N–H and O–H groups in total. The minimum absolute atomic E-state index is 0.171. The number of hydrogen-bond donors (Lipinski definition) is 0. The van der Waals surface area contributed by atoms with E-state index in [1.807, 2.05) is 0 Å². The minimum Gasteiger partial charge on any atom is -0.504 e. The van der Waals surface area contributed by atoms with Gasteiger partial charge in [0, 0.05) is 6.42 Å². The van der Waals surface area contributed by atoms with E-state index in [0.29, 0.717) is 0 Å². The van der Waals surface area contributed by atoms with Gasteiger partial charge in [-0.05, 0) is 0 Å². The molecule has 0 aromatic rings. The summed E-state index contributed by atoms with van der Waals surface area (Å²) in [7, 11) is 2.39. The number of methoxy groups -OCH3 is 2. The largest absolute Gasteiger partial charge is 0.504 e. The van der Waals surface area contributed by atoms with E-state index in [0.717, 1.165) is 13.4 Å². The first-order valence-corrected chi connectivity index (χ1v) is 3.20. The molecule has 0 spiro atoms. The molecule has 0 heterocycles. The lowest BCUT2D eigenvalue weighted by atomic mass is 10.2. The lowest BCUT2D eigenvalue weighted by molar-refractivity contribution is -0.136. The Balaban J connectivity index is 4.24. The molecule has 0 unspecified atom stereocenters. The summed E-state index contributed by atoms with van der Waals surface area (Å²) in [4.78, 5) is 10.7. The van der Waals surface area contributed by atoms with E-state index in [1.165, 1.54) is 7.11 Å². The van der Waals surface area contributed by atoms with Crippen molar-refractivity contribution in [2.45, 2.75) is 12.8 Å². The highest BCUT2D eigenvalue weighted by Crippen LogP contribution is 2.11. The van der Waals surface area contributed by atoms with Crippen LogP contribution >= 0.6 is 0 Å². The van der Waals surface area contributed by atoms with Gasteiger partial charge in [0.05, 0.1) is 26.1 Å². The topological polar surface area (TPSA) is 35.5 Å². The summed E-state index contributed by atoms with van der Waals surface area (Å²) in [5, 5.41) is 0. The molecule has 0 aliphatic rings. The lowest BCUT2D eigenvalue weighted by Crippen LogP contribution is -2.08. The smallest absolute Gasteiger partial charge is 0.337 e. The first kappa shape index (κ1) is 10.9. The molecule has 0 bridgehead atoms. The summed E-state index contributed by atoms with van der Waals surface area (Å²) in [6.45, 7) is 0. The van der Waals surface area contributed by atoms with Crippen LogP contribution in [0.3, 0.4) is 0 Å². The zero-order valence-electron chi connectivity index (χ0n) is 6.84. The van der Waals surface area contributed by atoms with E-state index in [-0.39, 0.29) is 5.57 Å². The maximum atomic E-state index is 11.8. The average Bonchev–Trinajstić information content (AvgIpc) is 2.01. The predicted octanol–water partition coefficient (Wildman–Crippen LogP) is 1.34. The van der Waals surface area contributed by atoms with Crippen LogP contribution in [0.1, 0.15) is 6.42 Å². The van der Waals surface area contributed by atoms with E-state index < -0.39 is 18.8 Å². The highest BCUT2D eigenvalue weighted by atomic mass is 19.3. The Morgan fingerprint density at radius 1 is 1.50 bits per heavy atom. The Morgan fingerprint density at radius 3 is 2.42 bits per heavy atom. The van der Waals surface area contributed by atoms with Gasteiger partial charge in [-0.25, -0.2) is 13.6 Å². The van der Waals surface area contributed by atoms with Gasteiger partial charge in [-0.1, -0.05) is 0 Å². The van der Waals surface area contributed by atoms with Gasteiger partial charge in [0.15, 0.2) is 0 Å². The van der Waals surface area contributed by atoms with Crippen molar-refractivity contribution in [1.29, 1.82) is 0 Å². The number of rotatable bonds is 4. The first-order chi connectivity index (χ1) is 5.61. The maximum absolute atomic E-state index is 11.8. The Morgan fingerprint density at radius 2 is 2.08 bits per heavy atom. The summed E-state index contributed by atoms with van der Waals surface area (Å²) < 4.78 is 32.3. The highest BCUT2D eigenvalue weighted by molar-refractivity contribution is 5.88. The van der Waals surface area contributed by atoms with Gasteiger partial charge in [-0.2, -0.15) is 0 Å². The lowest BCUT2D eigenvalue weighted by Gasteiger charge is -2.03. The van der Waals surface area contributed by atoms with E-state index in [9.17, 15) is 13.6 Å². The number of alkyl halides is 2. The van der Waals surface area contributed by atoms with Gasteiger partial charge in [0.1, 0.15) is 0 Å². The molecule has 0 aromatic heterocycles. The van der Waals surface area contributed by atoms with Crippen LogP contribution in [0.4, 0.5) is 8.78 Å². The van der Waals surface area contributed by atoms with Crippen molar-refractivity contribution in [3.63, 3.8) is 0 Å². The molecule has 3 nitrogen and oxygen atoms in total. The summed E-state index contributed by atoms with van der Waals surface area (Å²) in [6, 6.07) is 0. The predicted molar refractivity (Wildman–Crippen MR) is 37.7 cm³/mol. The van der Waals surface area contributed by atoms with Gasteiger partial charge < -0.3 is 9.47 Å². The third kappa shape index (κ3) is 3.90. The summed E-state index contributed by atoms with van der Waals surface area (Å²) >= 11 is 0.